The molecule has 0 saturated heterocycles. The van der Waals surface area contributed by atoms with Crippen molar-refractivity contribution in [3.05, 3.63) is 35.2 Å². The van der Waals surface area contributed by atoms with Crippen molar-refractivity contribution in [2.75, 3.05) is 0 Å². The van der Waals surface area contributed by atoms with Gasteiger partial charge in [-0.2, -0.15) is 4.98 Å². The molecular weight excluding hydrogens is 235 g/mol. The quantitative estimate of drug-likeness (QED) is 0.755. The van der Waals surface area contributed by atoms with E-state index in [4.69, 9.17) is 27.7 Å². The Morgan fingerprint density at radius 1 is 1.40 bits per heavy atom. The van der Waals surface area contributed by atoms with Gasteiger partial charge >= 0.3 is 0 Å². The van der Waals surface area contributed by atoms with Gasteiger partial charge in [0.25, 0.3) is 0 Å². The van der Waals surface area contributed by atoms with Crippen molar-refractivity contribution < 1.29 is 4.52 Å². The third-order valence-corrected chi connectivity index (χ3v) is 2.29. The van der Waals surface area contributed by atoms with Crippen molar-refractivity contribution in [3.8, 4) is 11.4 Å². The summed E-state index contributed by atoms with van der Waals surface area (Å²) in [6.07, 6.45) is 0. The van der Waals surface area contributed by atoms with Crippen LogP contribution in [0.2, 0.25) is 5.02 Å². The van der Waals surface area contributed by atoms with Crippen molar-refractivity contribution in [2.45, 2.75) is 12.3 Å². The summed E-state index contributed by atoms with van der Waals surface area (Å²) in [5.41, 5.74) is 0.815. The lowest BCUT2D eigenvalue weighted by Crippen LogP contribution is -1.84. The van der Waals surface area contributed by atoms with E-state index in [0.29, 0.717) is 16.7 Å². The molecule has 2 rings (SSSR count). The van der Waals surface area contributed by atoms with Gasteiger partial charge in [-0.15, -0.1) is 11.6 Å². The largest absolute Gasteiger partial charge is 0.337 e. The number of halogens is 2. The van der Waals surface area contributed by atoms with Crippen LogP contribution in [0.5, 0.6) is 0 Å². The maximum absolute atomic E-state index is 5.85. The highest BCUT2D eigenvalue weighted by molar-refractivity contribution is 6.30. The number of hydrogen-bond donors (Lipinski definition) is 0. The van der Waals surface area contributed by atoms with Crippen LogP contribution in [-0.2, 0) is 0 Å². The van der Waals surface area contributed by atoms with E-state index in [1.54, 1.807) is 19.1 Å². The van der Waals surface area contributed by atoms with Gasteiger partial charge in [-0.3, -0.25) is 0 Å². The second kappa shape index (κ2) is 4.21. The summed E-state index contributed by atoms with van der Waals surface area (Å²) in [5.74, 6) is 0.909. The molecule has 0 amide bonds. The highest BCUT2D eigenvalue weighted by Gasteiger charge is 2.12. The molecule has 1 atom stereocenters. The van der Waals surface area contributed by atoms with E-state index in [9.17, 15) is 0 Å². The van der Waals surface area contributed by atoms with Gasteiger partial charge in [0.2, 0.25) is 11.7 Å². The maximum Gasteiger partial charge on any atom is 0.244 e. The summed E-state index contributed by atoms with van der Waals surface area (Å²) in [4.78, 5) is 4.15. The van der Waals surface area contributed by atoms with Gasteiger partial charge < -0.3 is 4.52 Å². The normalized spacial score (nSPS) is 12.7. The SMILES string of the molecule is CC(Cl)c1nc(-c2cccc(Cl)c2)no1. The van der Waals surface area contributed by atoms with Crippen molar-refractivity contribution >= 4 is 23.2 Å². The van der Waals surface area contributed by atoms with Crippen LogP contribution in [0, 0.1) is 0 Å². The molecule has 0 bridgehead atoms. The summed E-state index contributed by atoms with van der Waals surface area (Å²) in [7, 11) is 0. The predicted octanol–water partition coefficient (Wildman–Crippen LogP) is 3.69. The second-order valence-electron chi connectivity index (χ2n) is 3.08. The molecule has 1 aromatic carbocycles. The first kappa shape index (κ1) is 10.5. The Bertz CT molecular complexity index is 468. The van der Waals surface area contributed by atoms with Crippen molar-refractivity contribution in [1.82, 2.24) is 10.1 Å². The van der Waals surface area contributed by atoms with E-state index in [1.165, 1.54) is 0 Å². The molecule has 0 radical (unpaired) electrons. The fourth-order valence-electron chi connectivity index (χ4n) is 1.14. The molecule has 2 aromatic rings. The molecule has 0 fully saturated rings. The van der Waals surface area contributed by atoms with Gasteiger partial charge in [-0.25, -0.2) is 0 Å². The molecule has 78 valence electrons. The first-order valence-corrected chi connectivity index (χ1v) is 5.22. The summed E-state index contributed by atoms with van der Waals surface area (Å²) in [6, 6.07) is 7.25. The Balaban J connectivity index is 2.37. The Morgan fingerprint density at radius 2 is 2.20 bits per heavy atom. The zero-order valence-electron chi connectivity index (χ0n) is 7.95. The fourth-order valence-corrected chi connectivity index (χ4v) is 1.42. The number of hydrogen-bond acceptors (Lipinski definition) is 3. The van der Waals surface area contributed by atoms with E-state index >= 15 is 0 Å². The Labute approximate surface area is 97.0 Å². The highest BCUT2D eigenvalue weighted by Crippen LogP contribution is 2.23. The molecule has 5 heteroatoms. The van der Waals surface area contributed by atoms with Crippen LogP contribution in [0.1, 0.15) is 18.2 Å². The molecule has 1 heterocycles. The van der Waals surface area contributed by atoms with Crippen molar-refractivity contribution in [2.24, 2.45) is 0 Å². The van der Waals surface area contributed by atoms with Crippen LogP contribution in [-0.4, -0.2) is 10.1 Å². The van der Waals surface area contributed by atoms with E-state index in [2.05, 4.69) is 10.1 Å². The minimum atomic E-state index is -0.287. The minimum Gasteiger partial charge on any atom is -0.337 e. The third kappa shape index (κ3) is 2.30. The number of benzene rings is 1. The van der Waals surface area contributed by atoms with Gasteiger partial charge in [0, 0.05) is 10.6 Å². The Morgan fingerprint density at radius 3 is 2.80 bits per heavy atom. The molecule has 0 aliphatic heterocycles. The average Bonchev–Trinajstić information content (AvgIpc) is 2.66. The number of nitrogens with zero attached hydrogens (tertiary/aromatic N) is 2. The number of aromatic nitrogens is 2. The zero-order chi connectivity index (χ0) is 10.8. The monoisotopic (exact) mass is 242 g/mol. The Kier molecular flexibility index (Phi) is 2.93. The van der Waals surface area contributed by atoms with Crippen molar-refractivity contribution in [3.63, 3.8) is 0 Å². The lowest BCUT2D eigenvalue weighted by molar-refractivity contribution is 0.379. The third-order valence-electron chi connectivity index (χ3n) is 1.86. The van der Waals surface area contributed by atoms with E-state index < -0.39 is 0 Å². The van der Waals surface area contributed by atoms with Crippen LogP contribution < -0.4 is 0 Å². The molecule has 0 spiro atoms. The lowest BCUT2D eigenvalue weighted by atomic mass is 10.2. The molecule has 0 aliphatic rings. The van der Waals surface area contributed by atoms with Gasteiger partial charge in [0.15, 0.2) is 0 Å². The van der Waals surface area contributed by atoms with Gasteiger partial charge in [0.05, 0.1) is 0 Å². The summed E-state index contributed by atoms with van der Waals surface area (Å²) in [5, 5.41) is 4.17. The van der Waals surface area contributed by atoms with Crippen LogP contribution >= 0.6 is 23.2 Å². The molecule has 0 N–H and O–H groups in total. The standard InChI is InChI=1S/C10H8Cl2N2O/c1-6(11)10-13-9(14-15-10)7-3-2-4-8(12)5-7/h2-6H,1H3. The lowest BCUT2D eigenvalue weighted by Gasteiger charge is -1.94. The highest BCUT2D eigenvalue weighted by atomic mass is 35.5. The van der Waals surface area contributed by atoms with E-state index in [1.807, 2.05) is 12.1 Å². The first-order valence-electron chi connectivity index (χ1n) is 4.40. The number of alkyl halides is 1. The van der Waals surface area contributed by atoms with Crippen LogP contribution in [0.15, 0.2) is 28.8 Å². The Hall–Kier alpha value is -1.06. The van der Waals surface area contributed by atoms with Crippen LogP contribution in [0.4, 0.5) is 0 Å². The summed E-state index contributed by atoms with van der Waals surface area (Å²) in [6.45, 7) is 1.77. The summed E-state index contributed by atoms with van der Waals surface area (Å²) >= 11 is 11.7. The minimum absolute atomic E-state index is 0.287. The fraction of sp³-hybridized carbons (Fsp3) is 0.200. The molecule has 0 saturated carbocycles. The van der Waals surface area contributed by atoms with E-state index in [-0.39, 0.29) is 5.38 Å². The average molecular weight is 243 g/mol. The summed E-state index contributed by atoms with van der Waals surface area (Å²) < 4.78 is 4.98. The molecule has 15 heavy (non-hydrogen) atoms. The molecule has 0 aliphatic carbocycles. The van der Waals surface area contributed by atoms with Crippen LogP contribution in [0.25, 0.3) is 11.4 Å². The van der Waals surface area contributed by atoms with Crippen molar-refractivity contribution in [1.29, 1.82) is 0 Å². The second-order valence-corrected chi connectivity index (χ2v) is 4.17. The first-order chi connectivity index (χ1) is 7.16. The van der Waals surface area contributed by atoms with Gasteiger partial charge in [-0.05, 0) is 19.1 Å². The zero-order valence-corrected chi connectivity index (χ0v) is 9.46. The van der Waals surface area contributed by atoms with Gasteiger partial charge in [-0.1, -0.05) is 28.9 Å². The van der Waals surface area contributed by atoms with Gasteiger partial charge in [0.1, 0.15) is 5.38 Å². The molecule has 1 aromatic heterocycles. The maximum atomic E-state index is 5.85. The predicted molar refractivity (Wildman–Crippen MR) is 59.0 cm³/mol. The van der Waals surface area contributed by atoms with E-state index in [0.717, 1.165) is 5.56 Å². The number of rotatable bonds is 2. The topological polar surface area (TPSA) is 38.9 Å². The van der Waals surface area contributed by atoms with Crippen LogP contribution in [0.3, 0.4) is 0 Å². The molecule has 3 nitrogen and oxygen atoms in total. The molecule has 1 unspecified atom stereocenters. The smallest absolute Gasteiger partial charge is 0.244 e. The molecular formula is C10H8Cl2N2O.